The molecule has 0 fully saturated rings. The number of nitro groups is 1. The van der Waals surface area contributed by atoms with Crippen LogP contribution in [-0.4, -0.2) is 34.2 Å². The van der Waals surface area contributed by atoms with Gasteiger partial charge in [0.15, 0.2) is 0 Å². The molecular weight excluding hydrogens is 309 g/mol. The zero-order chi connectivity index (χ0) is 16.2. The Hall–Kier alpha value is -1.48. The molecule has 2 atom stereocenters. The SMILES string of the molecule is CSC(CO)C(C)Nc1ccc([N+](=O)[O-])cc1C(F)(F)F. The molecule has 0 radical (unpaired) electrons. The number of nitrogens with one attached hydrogen (secondary N) is 1. The summed E-state index contributed by atoms with van der Waals surface area (Å²) in [5, 5.41) is 22.1. The van der Waals surface area contributed by atoms with Crippen molar-refractivity contribution in [3.05, 3.63) is 33.9 Å². The minimum Gasteiger partial charge on any atom is -0.395 e. The van der Waals surface area contributed by atoms with E-state index >= 15 is 0 Å². The highest BCUT2D eigenvalue weighted by Gasteiger charge is 2.35. The number of benzene rings is 1. The van der Waals surface area contributed by atoms with Gasteiger partial charge in [-0.2, -0.15) is 24.9 Å². The van der Waals surface area contributed by atoms with E-state index in [0.29, 0.717) is 6.07 Å². The van der Waals surface area contributed by atoms with Crippen molar-refractivity contribution in [2.24, 2.45) is 0 Å². The predicted molar refractivity (Wildman–Crippen MR) is 75.6 cm³/mol. The Morgan fingerprint density at radius 2 is 2.10 bits per heavy atom. The second-order valence-electron chi connectivity index (χ2n) is 4.37. The minimum absolute atomic E-state index is 0.191. The van der Waals surface area contributed by atoms with E-state index in [1.807, 2.05) is 0 Å². The average Bonchev–Trinajstić information content (AvgIpc) is 2.39. The summed E-state index contributed by atoms with van der Waals surface area (Å²) in [5.74, 6) is 0. The summed E-state index contributed by atoms with van der Waals surface area (Å²) in [7, 11) is 0. The molecule has 0 saturated carbocycles. The normalized spacial score (nSPS) is 14.6. The highest BCUT2D eigenvalue weighted by molar-refractivity contribution is 7.99. The lowest BCUT2D eigenvalue weighted by molar-refractivity contribution is -0.385. The Balaban J connectivity index is 3.14. The van der Waals surface area contributed by atoms with Gasteiger partial charge < -0.3 is 10.4 Å². The Kier molecular flexibility index (Phi) is 5.85. The van der Waals surface area contributed by atoms with Crippen LogP contribution in [0.25, 0.3) is 0 Å². The van der Waals surface area contributed by atoms with Crippen LogP contribution in [0.1, 0.15) is 12.5 Å². The zero-order valence-corrected chi connectivity index (χ0v) is 12.2. The number of alkyl halides is 3. The molecule has 21 heavy (non-hydrogen) atoms. The van der Waals surface area contributed by atoms with Gasteiger partial charge in [-0.25, -0.2) is 0 Å². The van der Waals surface area contributed by atoms with Crippen LogP contribution in [0.4, 0.5) is 24.5 Å². The van der Waals surface area contributed by atoms with E-state index in [0.717, 1.165) is 12.1 Å². The van der Waals surface area contributed by atoms with E-state index in [2.05, 4.69) is 5.32 Å². The van der Waals surface area contributed by atoms with Crippen molar-refractivity contribution >= 4 is 23.1 Å². The van der Waals surface area contributed by atoms with Gasteiger partial charge in [0, 0.05) is 29.1 Å². The highest BCUT2D eigenvalue weighted by Crippen LogP contribution is 2.37. The molecule has 0 spiro atoms. The van der Waals surface area contributed by atoms with Crippen LogP contribution in [0, 0.1) is 10.1 Å². The highest BCUT2D eigenvalue weighted by atomic mass is 32.2. The molecule has 0 aliphatic carbocycles. The average molecular weight is 324 g/mol. The third kappa shape index (κ3) is 4.50. The van der Waals surface area contributed by atoms with Crippen LogP contribution in [0.2, 0.25) is 0 Å². The summed E-state index contributed by atoms with van der Waals surface area (Å²) in [6.45, 7) is 1.45. The van der Waals surface area contributed by atoms with Crippen molar-refractivity contribution in [2.75, 3.05) is 18.2 Å². The molecule has 1 rings (SSSR count). The van der Waals surface area contributed by atoms with Gasteiger partial charge in [0.25, 0.3) is 5.69 Å². The molecule has 5 nitrogen and oxygen atoms in total. The third-order valence-electron chi connectivity index (χ3n) is 2.94. The topological polar surface area (TPSA) is 75.4 Å². The zero-order valence-electron chi connectivity index (χ0n) is 11.3. The molecule has 0 bridgehead atoms. The van der Waals surface area contributed by atoms with Crippen molar-refractivity contribution in [1.29, 1.82) is 0 Å². The molecule has 0 aliphatic rings. The van der Waals surface area contributed by atoms with Crippen LogP contribution in [0.5, 0.6) is 0 Å². The van der Waals surface area contributed by atoms with Crippen LogP contribution >= 0.6 is 11.8 Å². The van der Waals surface area contributed by atoms with Gasteiger partial charge in [0.05, 0.1) is 17.1 Å². The fraction of sp³-hybridized carbons (Fsp3) is 0.500. The van der Waals surface area contributed by atoms with Gasteiger partial charge >= 0.3 is 6.18 Å². The number of hydrogen-bond donors (Lipinski definition) is 2. The molecule has 9 heteroatoms. The number of halogens is 3. The number of hydrogen-bond acceptors (Lipinski definition) is 5. The van der Waals surface area contributed by atoms with E-state index < -0.39 is 28.4 Å². The molecule has 0 aliphatic heterocycles. The van der Waals surface area contributed by atoms with Crippen molar-refractivity contribution in [1.82, 2.24) is 0 Å². The van der Waals surface area contributed by atoms with Gasteiger partial charge in [-0.1, -0.05) is 0 Å². The summed E-state index contributed by atoms with van der Waals surface area (Å²) >= 11 is 1.32. The smallest absolute Gasteiger partial charge is 0.395 e. The van der Waals surface area contributed by atoms with Gasteiger partial charge in [0.2, 0.25) is 0 Å². The fourth-order valence-corrected chi connectivity index (χ4v) is 2.41. The molecule has 1 aromatic carbocycles. The quantitative estimate of drug-likeness (QED) is 0.621. The van der Waals surface area contributed by atoms with Gasteiger partial charge in [-0.05, 0) is 19.2 Å². The van der Waals surface area contributed by atoms with Crippen LogP contribution < -0.4 is 5.32 Å². The molecule has 2 unspecified atom stereocenters. The Labute approximate surface area is 123 Å². The van der Waals surface area contributed by atoms with Crippen molar-refractivity contribution in [3.63, 3.8) is 0 Å². The monoisotopic (exact) mass is 324 g/mol. The van der Waals surface area contributed by atoms with E-state index in [-0.39, 0.29) is 17.5 Å². The lowest BCUT2D eigenvalue weighted by atomic mass is 10.1. The number of non-ortho nitro benzene ring substituents is 1. The molecule has 0 amide bonds. The van der Waals surface area contributed by atoms with Crippen LogP contribution in [0.3, 0.4) is 0 Å². The Bertz CT molecular complexity index is 507. The van der Waals surface area contributed by atoms with Gasteiger partial charge in [-0.15, -0.1) is 0 Å². The number of aliphatic hydroxyl groups excluding tert-OH is 1. The predicted octanol–water partition coefficient (Wildman–Crippen LogP) is 3.14. The second-order valence-corrected chi connectivity index (χ2v) is 5.45. The van der Waals surface area contributed by atoms with E-state index in [1.54, 1.807) is 13.2 Å². The lowest BCUT2D eigenvalue weighted by Crippen LogP contribution is -2.31. The molecule has 0 heterocycles. The molecule has 2 N–H and O–H groups in total. The Morgan fingerprint density at radius 3 is 2.52 bits per heavy atom. The Morgan fingerprint density at radius 1 is 1.48 bits per heavy atom. The molecular formula is C12H15F3N2O3S. The summed E-state index contributed by atoms with van der Waals surface area (Å²) in [4.78, 5) is 9.72. The third-order valence-corrected chi connectivity index (χ3v) is 4.11. The van der Waals surface area contributed by atoms with E-state index in [1.165, 1.54) is 11.8 Å². The second kappa shape index (κ2) is 6.99. The standard InChI is InChI=1S/C12H15F3N2O3S/c1-7(11(6-18)21-2)16-10-4-3-8(17(19)20)5-9(10)12(13,14)15/h3-5,7,11,16,18H,6H2,1-2H3. The first-order valence-electron chi connectivity index (χ1n) is 5.96. The van der Waals surface area contributed by atoms with Crippen molar-refractivity contribution in [3.8, 4) is 0 Å². The first-order chi connectivity index (χ1) is 9.70. The number of thioether (sulfide) groups is 1. The first-order valence-corrected chi connectivity index (χ1v) is 7.25. The first kappa shape index (κ1) is 17.6. The van der Waals surface area contributed by atoms with Gasteiger partial charge in [0.1, 0.15) is 0 Å². The van der Waals surface area contributed by atoms with Gasteiger partial charge in [-0.3, -0.25) is 10.1 Å². The number of nitrogens with zero attached hydrogens (tertiary/aromatic N) is 1. The molecule has 0 aromatic heterocycles. The maximum absolute atomic E-state index is 13.0. The largest absolute Gasteiger partial charge is 0.418 e. The lowest BCUT2D eigenvalue weighted by Gasteiger charge is -2.24. The molecule has 1 aromatic rings. The molecule has 0 saturated heterocycles. The summed E-state index contributed by atoms with van der Waals surface area (Å²) in [6, 6.07) is 2.11. The van der Waals surface area contributed by atoms with Crippen LogP contribution in [0.15, 0.2) is 18.2 Å². The number of nitro benzene ring substituents is 1. The maximum Gasteiger partial charge on any atom is 0.418 e. The summed E-state index contributed by atoms with van der Waals surface area (Å²) < 4.78 is 39.0. The number of anilines is 1. The van der Waals surface area contributed by atoms with Crippen molar-refractivity contribution in [2.45, 2.75) is 24.4 Å². The van der Waals surface area contributed by atoms with Crippen LogP contribution in [-0.2, 0) is 6.18 Å². The van der Waals surface area contributed by atoms with Crippen molar-refractivity contribution < 1.29 is 23.2 Å². The molecule has 118 valence electrons. The number of aliphatic hydroxyl groups is 1. The maximum atomic E-state index is 13.0. The van der Waals surface area contributed by atoms with E-state index in [4.69, 9.17) is 5.11 Å². The minimum atomic E-state index is -4.71. The number of rotatable bonds is 6. The fourth-order valence-electron chi connectivity index (χ4n) is 1.78. The summed E-state index contributed by atoms with van der Waals surface area (Å²) in [6.07, 6.45) is -2.97. The van der Waals surface area contributed by atoms with E-state index in [9.17, 15) is 23.3 Å². The summed E-state index contributed by atoms with van der Waals surface area (Å²) in [5.41, 5.74) is -1.96.